The first-order valence-electron chi connectivity index (χ1n) is 9.28. The maximum atomic E-state index is 12.5. The molecule has 2 N–H and O–H groups in total. The monoisotopic (exact) mass is 374 g/mol. The number of unbranched alkanes of at least 4 members (excludes halogenated alkanes) is 2. The lowest BCUT2D eigenvalue weighted by atomic mass is 9.85. The molecule has 1 aliphatic heterocycles. The molecule has 1 atom stereocenters. The predicted molar refractivity (Wildman–Crippen MR) is 106 cm³/mol. The average Bonchev–Trinajstić information content (AvgIpc) is 2.64. The summed E-state index contributed by atoms with van der Waals surface area (Å²) in [6.07, 6.45) is 5.64. The summed E-state index contributed by atoms with van der Waals surface area (Å²) in [5, 5.41) is 6.95. The summed E-state index contributed by atoms with van der Waals surface area (Å²) in [7, 11) is 1.63. The number of nitrogens with one attached hydrogen (secondary N) is 2. The highest BCUT2D eigenvalue weighted by Gasteiger charge is 2.33. The van der Waals surface area contributed by atoms with Gasteiger partial charge >= 0.3 is 0 Å². The summed E-state index contributed by atoms with van der Waals surface area (Å²) < 4.78 is 11.4. The van der Waals surface area contributed by atoms with Crippen molar-refractivity contribution < 1.29 is 14.3 Å². The molecule has 0 amide bonds. The largest absolute Gasteiger partial charge is 0.493 e. The number of hydrogen-bond acceptors (Lipinski definition) is 4. The molecule has 1 aromatic carbocycles. The van der Waals surface area contributed by atoms with Crippen molar-refractivity contribution in [2.45, 2.75) is 51.5 Å². The number of ether oxygens (including phenoxy) is 2. The summed E-state index contributed by atoms with van der Waals surface area (Å²) in [4.78, 5) is 12.5. The second-order valence-electron chi connectivity index (χ2n) is 6.67. The number of rotatable bonds is 7. The lowest BCUT2D eigenvalue weighted by Gasteiger charge is -2.34. The minimum Gasteiger partial charge on any atom is -0.493 e. The van der Waals surface area contributed by atoms with Crippen LogP contribution in [-0.4, -0.2) is 24.6 Å². The van der Waals surface area contributed by atoms with Gasteiger partial charge in [-0.25, -0.2) is 0 Å². The number of carbonyl (C=O) groups is 1. The van der Waals surface area contributed by atoms with Gasteiger partial charge in [-0.05, 0) is 49.2 Å². The van der Waals surface area contributed by atoms with Crippen LogP contribution >= 0.6 is 12.2 Å². The Bertz CT molecular complexity index is 730. The van der Waals surface area contributed by atoms with Crippen LogP contribution in [0.3, 0.4) is 0 Å². The molecule has 0 aromatic heterocycles. The van der Waals surface area contributed by atoms with Crippen molar-refractivity contribution in [3.05, 3.63) is 35.0 Å². The molecule has 1 aromatic rings. The highest BCUT2D eigenvalue weighted by atomic mass is 32.1. The molecule has 1 unspecified atom stereocenters. The van der Waals surface area contributed by atoms with E-state index in [4.69, 9.17) is 21.7 Å². The van der Waals surface area contributed by atoms with E-state index in [1.165, 1.54) is 0 Å². The van der Waals surface area contributed by atoms with Gasteiger partial charge in [0.2, 0.25) is 0 Å². The molecule has 0 fully saturated rings. The fraction of sp³-hybridized carbons (Fsp3) is 0.500. The van der Waals surface area contributed by atoms with Crippen molar-refractivity contribution in [3.8, 4) is 11.5 Å². The zero-order chi connectivity index (χ0) is 18.5. The van der Waals surface area contributed by atoms with Crippen molar-refractivity contribution in [1.29, 1.82) is 0 Å². The third-order valence-electron chi connectivity index (χ3n) is 4.81. The minimum atomic E-state index is -0.241. The van der Waals surface area contributed by atoms with Gasteiger partial charge in [-0.15, -0.1) is 0 Å². The van der Waals surface area contributed by atoms with Gasteiger partial charge in [0.25, 0.3) is 0 Å². The minimum absolute atomic E-state index is 0.178. The van der Waals surface area contributed by atoms with Crippen LogP contribution in [0.1, 0.15) is 57.1 Å². The van der Waals surface area contributed by atoms with E-state index in [1.807, 2.05) is 18.2 Å². The third kappa shape index (κ3) is 4.01. The number of ketones is 1. The van der Waals surface area contributed by atoms with Crippen molar-refractivity contribution in [2.24, 2.45) is 0 Å². The summed E-state index contributed by atoms with van der Waals surface area (Å²) in [5.74, 6) is 1.58. The molecule has 0 saturated carbocycles. The second kappa shape index (κ2) is 8.54. The molecule has 0 spiro atoms. The topological polar surface area (TPSA) is 59.6 Å². The average molecular weight is 375 g/mol. The Kier molecular flexibility index (Phi) is 6.14. The summed E-state index contributed by atoms with van der Waals surface area (Å²) >= 11 is 5.34. The summed E-state index contributed by atoms with van der Waals surface area (Å²) in [5.41, 5.74) is 2.70. The predicted octanol–water partition coefficient (Wildman–Crippen LogP) is 3.79. The Morgan fingerprint density at radius 1 is 1.23 bits per heavy atom. The lowest BCUT2D eigenvalue weighted by molar-refractivity contribution is -0.116. The number of carbonyl (C=O) groups excluding carboxylic acids is 1. The molecule has 0 saturated heterocycles. The van der Waals surface area contributed by atoms with E-state index in [0.717, 1.165) is 54.7 Å². The van der Waals surface area contributed by atoms with Crippen LogP contribution < -0.4 is 20.1 Å². The molecule has 0 bridgehead atoms. The van der Waals surface area contributed by atoms with E-state index >= 15 is 0 Å². The molecule has 6 heteroatoms. The number of allylic oxidation sites excluding steroid dienone is 1. The Hall–Kier alpha value is -2.08. The van der Waals surface area contributed by atoms with Gasteiger partial charge in [-0.2, -0.15) is 0 Å². The molecule has 3 rings (SSSR count). The molecular weight excluding hydrogens is 348 g/mol. The van der Waals surface area contributed by atoms with Crippen molar-refractivity contribution in [2.75, 3.05) is 13.7 Å². The van der Waals surface area contributed by atoms with Gasteiger partial charge in [0.15, 0.2) is 22.4 Å². The Morgan fingerprint density at radius 3 is 2.85 bits per heavy atom. The van der Waals surface area contributed by atoms with E-state index in [9.17, 15) is 4.79 Å². The van der Waals surface area contributed by atoms with E-state index in [1.54, 1.807) is 7.11 Å². The van der Waals surface area contributed by atoms with Crippen LogP contribution in [0.25, 0.3) is 0 Å². The smallest absolute Gasteiger partial charge is 0.171 e. The maximum Gasteiger partial charge on any atom is 0.171 e. The van der Waals surface area contributed by atoms with Crippen LogP contribution in [0.5, 0.6) is 11.5 Å². The summed E-state index contributed by atoms with van der Waals surface area (Å²) in [6, 6.07) is 5.60. The van der Waals surface area contributed by atoms with Crippen molar-refractivity contribution in [1.82, 2.24) is 10.6 Å². The molecule has 5 nitrogen and oxygen atoms in total. The van der Waals surface area contributed by atoms with Gasteiger partial charge in [-0.3, -0.25) is 4.79 Å². The molecule has 2 aliphatic rings. The van der Waals surface area contributed by atoms with E-state index in [-0.39, 0.29) is 11.8 Å². The molecule has 1 aliphatic carbocycles. The second-order valence-corrected chi connectivity index (χ2v) is 7.07. The summed E-state index contributed by atoms with van der Waals surface area (Å²) in [6.45, 7) is 2.84. The molecule has 140 valence electrons. The Balaban J connectivity index is 1.86. The highest BCUT2D eigenvalue weighted by Crippen LogP contribution is 2.37. The molecule has 0 radical (unpaired) electrons. The van der Waals surface area contributed by atoms with Crippen molar-refractivity contribution in [3.63, 3.8) is 0 Å². The quantitative estimate of drug-likeness (QED) is 0.559. The maximum absolute atomic E-state index is 12.5. The number of methoxy groups -OCH3 is 1. The Morgan fingerprint density at radius 2 is 2.08 bits per heavy atom. The van der Waals surface area contributed by atoms with Gasteiger partial charge in [-0.1, -0.05) is 25.8 Å². The van der Waals surface area contributed by atoms with Crippen LogP contribution in [-0.2, 0) is 4.79 Å². The van der Waals surface area contributed by atoms with Crippen LogP contribution in [0, 0.1) is 0 Å². The number of benzene rings is 1. The Labute approximate surface area is 160 Å². The van der Waals surface area contributed by atoms with Crippen LogP contribution in [0.2, 0.25) is 0 Å². The van der Waals surface area contributed by atoms with Gasteiger partial charge in [0.1, 0.15) is 0 Å². The molecule has 1 heterocycles. The first-order chi connectivity index (χ1) is 12.6. The van der Waals surface area contributed by atoms with Crippen molar-refractivity contribution >= 4 is 23.1 Å². The van der Waals surface area contributed by atoms with Gasteiger partial charge in [0.05, 0.1) is 19.8 Å². The molecule has 26 heavy (non-hydrogen) atoms. The van der Waals surface area contributed by atoms with Crippen LogP contribution in [0.15, 0.2) is 29.5 Å². The number of hydrogen-bond donors (Lipinski definition) is 2. The fourth-order valence-corrected chi connectivity index (χ4v) is 3.71. The normalized spacial score (nSPS) is 19.5. The zero-order valence-corrected chi connectivity index (χ0v) is 16.2. The van der Waals surface area contributed by atoms with E-state index in [2.05, 4.69) is 17.6 Å². The van der Waals surface area contributed by atoms with E-state index < -0.39 is 0 Å². The standard InChI is InChI=1S/C20H26N2O3S/c1-3-4-5-11-25-16-10-9-13(12-17(16)24-2)19-18-14(21-20(26)22-19)7-6-8-15(18)23/h9-10,12,19H,3-8,11H2,1-2H3,(H2,21,22,26). The number of thiocarbonyl (C=S) groups is 1. The lowest BCUT2D eigenvalue weighted by Crippen LogP contribution is -2.46. The fourth-order valence-electron chi connectivity index (χ4n) is 3.47. The van der Waals surface area contributed by atoms with Gasteiger partial charge < -0.3 is 20.1 Å². The van der Waals surface area contributed by atoms with E-state index in [0.29, 0.717) is 23.9 Å². The first-order valence-corrected chi connectivity index (χ1v) is 9.69. The number of Topliss-reactive ketones (excluding diaryl/α,β-unsaturated/α-hetero) is 1. The SMILES string of the molecule is CCCCCOc1ccc(C2NC(=S)NC3=C2C(=O)CCC3)cc1OC. The zero-order valence-electron chi connectivity index (χ0n) is 15.4. The third-order valence-corrected chi connectivity index (χ3v) is 5.03. The first kappa shape index (κ1) is 18.7. The highest BCUT2D eigenvalue weighted by molar-refractivity contribution is 7.80. The van der Waals surface area contributed by atoms with Gasteiger partial charge in [0, 0.05) is 17.7 Å². The van der Waals surface area contributed by atoms with Crippen LogP contribution in [0.4, 0.5) is 0 Å². The molecular formula is C20H26N2O3S.